The molecule has 0 aliphatic carbocycles. The summed E-state index contributed by atoms with van der Waals surface area (Å²) in [6, 6.07) is 15.0. The van der Waals surface area contributed by atoms with Crippen molar-refractivity contribution in [2.75, 3.05) is 13.7 Å². The van der Waals surface area contributed by atoms with E-state index < -0.39 is 0 Å². The summed E-state index contributed by atoms with van der Waals surface area (Å²) in [6.07, 6.45) is 2.41. The van der Waals surface area contributed by atoms with E-state index in [2.05, 4.69) is 57.2 Å². The van der Waals surface area contributed by atoms with Gasteiger partial charge in [-0.05, 0) is 54.3 Å². The van der Waals surface area contributed by atoms with Crippen LogP contribution in [0.2, 0.25) is 0 Å². The lowest BCUT2D eigenvalue weighted by Crippen LogP contribution is -2.23. The number of hydrogen-bond acceptors (Lipinski definition) is 2. The molecule has 3 rings (SSSR count). The topological polar surface area (TPSA) is 12.5 Å². The Morgan fingerprint density at radius 2 is 1.95 bits per heavy atom. The summed E-state index contributed by atoms with van der Waals surface area (Å²) in [5.74, 6) is 0.920. The zero-order valence-electron chi connectivity index (χ0n) is 12.3. The molecule has 1 aliphatic heterocycles. The van der Waals surface area contributed by atoms with Gasteiger partial charge in [0, 0.05) is 17.6 Å². The van der Waals surface area contributed by atoms with Crippen LogP contribution in [0.15, 0.2) is 46.9 Å². The fourth-order valence-corrected chi connectivity index (χ4v) is 3.32. The van der Waals surface area contributed by atoms with Crippen molar-refractivity contribution in [3.05, 3.63) is 63.6 Å². The van der Waals surface area contributed by atoms with Crippen LogP contribution >= 0.6 is 15.9 Å². The van der Waals surface area contributed by atoms with E-state index in [1.165, 1.54) is 29.5 Å². The molecule has 1 aliphatic rings. The molecule has 0 saturated heterocycles. The molecule has 2 nitrogen and oxygen atoms in total. The Hall–Kier alpha value is -1.32. The molecule has 0 N–H and O–H groups in total. The van der Waals surface area contributed by atoms with E-state index in [0.717, 1.165) is 29.9 Å². The molecule has 0 unspecified atom stereocenters. The van der Waals surface area contributed by atoms with E-state index in [4.69, 9.17) is 4.74 Å². The highest BCUT2D eigenvalue weighted by atomic mass is 79.9. The predicted octanol–water partition coefficient (Wildman–Crippen LogP) is 4.41. The minimum absolute atomic E-state index is 0.920. The summed E-state index contributed by atoms with van der Waals surface area (Å²) in [7, 11) is 1.72. The molecule has 3 heteroatoms. The lowest BCUT2D eigenvalue weighted by atomic mass is 10.0. The maximum absolute atomic E-state index is 5.34. The molecule has 0 saturated carbocycles. The van der Waals surface area contributed by atoms with Crippen LogP contribution in [0, 0.1) is 0 Å². The highest BCUT2D eigenvalue weighted by Gasteiger charge is 2.15. The first-order valence-electron chi connectivity index (χ1n) is 7.38. The predicted molar refractivity (Wildman–Crippen MR) is 89.6 cm³/mol. The van der Waals surface area contributed by atoms with Gasteiger partial charge in [-0.3, -0.25) is 4.90 Å². The number of aryl methyl sites for hydroxylation is 1. The quantitative estimate of drug-likeness (QED) is 0.817. The number of fused-ring (bicyclic) bond motifs is 1. The average Bonchev–Trinajstić information content (AvgIpc) is 2.71. The molecule has 0 radical (unpaired) electrons. The van der Waals surface area contributed by atoms with Crippen LogP contribution in [0.3, 0.4) is 0 Å². The number of rotatable bonds is 3. The summed E-state index contributed by atoms with van der Waals surface area (Å²) in [5, 5.41) is 0. The largest absolute Gasteiger partial charge is 0.497 e. The lowest BCUT2D eigenvalue weighted by Gasteiger charge is -2.21. The van der Waals surface area contributed by atoms with E-state index in [-0.39, 0.29) is 0 Å². The summed E-state index contributed by atoms with van der Waals surface area (Å²) in [5.41, 5.74) is 4.26. The van der Waals surface area contributed by atoms with Crippen LogP contribution in [0.4, 0.5) is 0 Å². The Bertz CT molecular complexity index is 626. The van der Waals surface area contributed by atoms with Crippen molar-refractivity contribution in [1.82, 2.24) is 4.90 Å². The van der Waals surface area contributed by atoms with Gasteiger partial charge in [0.05, 0.1) is 7.11 Å². The second-order valence-electron chi connectivity index (χ2n) is 5.54. The molecule has 110 valence electrons. The van der Waals surface area contributed by atoms with E-state index in [1.807, 2.05) is 6.07 Å². The normalized spacial score (nSPS) is 15.3. The minimum Gasteiger partial charge on any atom is -0.497 e. The Morgan fingerprint density at radius 1 is 1.14 bits per heavy atom. The van der Waals surface area contributed by atoms with Gasteiger partial charge in [-0.1, -0.05) is 40.2 Å². The number of benzene rings is 2. The highest BCUT2D eigenvalue weighted by molar-refractivity contribution is 9.10. The number of methoxy groups -OCH3 is 1. The molecule has 0 aromatic heterocycles. The van der Waals surface area contributed by atoms with Gasteiger partial charge >= 0.3 is 0 Å². The summed E-state index contributed by atoms with van der Waals surface area (Å²) < 4.78 is 6.49. The van der Waals surface area contributed by atoms with Crippen molar-refractivity contribution >= 4 is 15.9 Å². The lowest BCUT2D eigenvalue weighted by molar-refractivity contribution is 0.260. The van der Waals surface area contributed by atoms with Crippen LogP contribution in [0.1, 0.15) is 23.1 Å². The van der Waals surface area contributed by atoms with Gasteiger partial charge in [0.2, 0.25) is 0 Å². The average molecular weight is 346 g/mol. The van der Waals surface area contributed by atoms with Crippen molar-refractivity contribution in [2.24, 2.45) is 0 Å². The summed E-state index contributed by atoms with van der Waals surface area (Å²) in [6.45, 7) is 3.12. The Balaban J connectivity index is 1.79. The molecule has 2 aromatic rings. The first-order chi connectivity index (χ1) is 10.3. The molecule has 0 spiro atoms. The third-order valence-electron chi connectivity index (χ3n) is 4.08. The maximum Gasteiger partial charge on any atom is 0.119 e. The fourth-order valence-electron chi connectivity index (χ4n) is 2.94. The standard InChI is InChI=1S/C18H20BrNO/c1-21-17-8-9-18(19)16(11-17)13-20-10-4-7-14-5-2-3-6-15(14)12-20/h2-3,5-6,8-9,11H,4,7,10,12-13H2,1H3. The first kappa shape index (κ1) is 14.6. The maximum atomic E-state index is 5.34. The Kier molecular flexibility index (Phi) is 4.61. The third kappa shape index (κ3) is 3.47. The van der Waals surface area contributed by atoms with Crippen molar-refractivity contribution in [1.29, 1.82) is 0 Å². The number of nitrogens with zero attached hydrogens (tertiary/aromatic N) is 1. The van der Waals surface area contributed by atoms with Gasteiger partial charge in [-0.15, -0.1) is 0 Å². The second-order valence-corrected chi connectivity index (χ2v) is 6.39. The first-order valence-corrected chi connectivity index (χ1v) is 8.17. The SMILES string of the molecule is COc1ccc(Br)c(CN2CCCc3ccccc3C2)c1. The minimum atomic E-state index is 0.920. The Labute approximate surface area is 134 Å². The number of hydrogen-bond donors (Lipinski definition) is 0. The van der Waals surface area contributed by atoms with Gasteiger partial charge in [-0.2, -0.15) is 0 Å². The van der Waals surface area contributed by atoms with Crippen LogP contribution in [0.25, 0.3) is 0 Å². The van der Waals surface area contributed by atoms with Gasteiger partial charge in [0.25, 0.3) is 0 Å². The van der Waals surface area contributed by atoms with Crippen LogP contribution in [-0.2, 0) is 19.5 Å². The molecule has 0 atom stereocenters. The molecule has 0 fully saturated rings. The van der Waals surface area contributed by atoms with Crippen molar-refractivity contribution < 1.29 is 4.74 Å². The van der Waals surface area contributed by atoms with Crippen molar-refractivity contribution in [2.45, 2.75) is 25.9 Å². The van der Waals surface area contributed by atoms with Crippen LogP contribution in [-0.4, -0.2) is 18.6 Å². The molecular formula is C18H20BrNO. The monoisotopic (exact) mass is 345 g/mol. The smallest absolute Gasteiger partial charge is 0.119 e. The fraction of sp³-hybridized carbons (Fsp3) is 0.333. The second kappa shape index (κ2) is 6.63. The zero-order valence-corrected chi connectivity index (χ0v) is 13.9. The van der Waals surface area contributed by atoms with Gasteiger partial charge < -0.3 is 4.74 Å². The molecule has 1 heterocycles. The Morgan fingerprint density at radius 3 is 2.76 bits per heavy atom. The molecule has 0 amide bonds. The van der Waals surface area contributed by atoms with Crippen LogP contribution < -0.4 is 4.74 Å². The summed E-state index contributed by atoms with van der Waals surface area (Å²) in [4.78, 5) is 2.52. The third-order valence-corrected chi connectivity index (χ3v) is 4.85. The van der Waals surface area contributed by atoms with E-state index in [1.54, 1.807) is 7.11 Å². The van der Waals surface area contributed by atoms with Gasteiger partial charge in [0.15, 0.2) is 0 Å². The zero-order chi connectivity index (χ0) is 14.7. The highest BCUT2D eigenvalue weighted by Crippen LogP contribution is 2.26. The van der Waals surface area contributed by atoms with Crippen molar-refractivity contribution in [3.63, 3.8) is 0 Å². The number of halogens is 1. The van der Waals surface area contributed by atoms with E-state index in [9.17, 15) is 0 Å². The van der Waals surface area contributed by atoms with E-state index in [0.29, 0.717) is 0 Å². The summed E-state index contributed by atoms with van der Waals surface area (Å²) >= 11 is 3.66. The van der Waals surface area contributed by atoms with Gasteiger partial charge in [0.1, 0.15) is 5.75 Å². The van der Waals surface area contributed by atoms with Gasteiger partial charge in [-0.25, -0.2) is 0 Å². The number of ether oxygens (including phenoxy) is 1. The molecule has 2 aromatic carbocycles. The molecular weight excluding hydrogens is 326 g/mol. The molecule has 0 bridgehead atoms. The van der Waals surface area contributed by atoms with Crippen LogP contribution in [0.5, 0.6) is 5.75 Å². The van der Waals surface area contributed by atoms with Crippen molar-refractivity contribution in [3.8, 4) is 5.75 Å². The molecule has 21 heavy (non-hydrogen) atoms. The van der Waals surface area contributed by atoms with E-state index >= 15 is 0 Å².